The van der Waals surface area contributed by atoms with Gasteiger partial charge in [0.05, 0.1) is 11.9 Å². The number of nitrogens with one attached hydrogen (secondary N) is 1. The first-order valence-electron chi connectivity index (χ1n) is 5.13. The molecular weight excluding hydrogens is 238 g/mol. The maximum Gasteiger partial charge on any atom is 0.223 e. The Balaban J connectivity index is 2.40. The number of carbonyl (C=O) groups is 1. The number of imidazole rings is 1. The summed E-state index contributed by atoms with van der Waals surface area (Å²) in [6.45, 7) is 1.45. The molecular formula is C12H12ClN3O. The van der Waals surface area contributed by atoms with Crippen molar-refractivity contribution in [1.29, 1.82) is 0 Å². The quantitative estimate of drug-likeness (QED) is 0.890. The van der Waals surface area contributed by atoms with E-state index < -0.39 is 0 Å². The fourth-order valence-corrected chi connectivity index (χ4v) is 1.79. The van der Waals surface area contributed by atoms with Crippen LogP contribution in [0, 0.1) is 0 Å². The smallest absolute Gasteiger partial charge is 0.223 e. The Hall–Kier alpha value is -1.81. The van der Waals surface area contributed by atoms with E-state index >= 15 is 0 Å². The maximum atomic E-state index is 11.0. The fourth-order valence-electron chi connectivity index (χ4n) is 1.60. The van der Waals surface area contributed by atoms with Crippen LogP contribution in [0.4, 0.5) is 5.95 Å². The van der Waals surface area contributed by atoms with Crippen LogP contribution in [0.5, 0.6) is 0 Å². The van der Waals surface area contributed by atoms with E-state index in [1.165, 1.54) is 6.92 Å². The summed E-state index contributed by atoms with van der Waals surface area (Å²) >= 11 is 5.94. The molecule has 1 heterocycles. The van der Waals surface area contributed by atoms with Crippen LogP contribution in [-0.4, -0.2) is 15.5 Å². The number of anilines is 1. The molecule has 5 heteroatoms. The molecule has 0 spiro atoms. The van der Waals surface area contributed by atoms with Crippen LogP contribution in [-0.2, 0) is 11.8 Å². The van der Waals surface area contributed by atoms with Crippen LogP contribution in [0.25, 0.3) is 11.3 Å². The molecule has 2 rings (SSSR count). The minimum Gasteiger partial charge on any atom is -0.313 e. The van der Waals surface area contributed by atoms with Gasteiger partial charge in [-0.3, -0.25) is 10.1 Å². The van der Waals surface area contributed by atoms with Crippen molar-refractivity contribution in [1.82, 2.24) is 9.55 Å². The Morgan fingerprint density at radius 3 is 2.88 bits per heavy atom. The van der Waals surface area contributed by atoms with Crippen LogP contribution in [0.2, 0.25) is 5.02 Å². The summed E-state index contributed by atoms with van der Waals surface area (Å²) in [6, 6.07) is 7.50. The van der Waals surface area contributed by atoms with Gasteiger partial charge in [-0.2, -0.15) is 0 Å². The zero-order valence-electron chi connectivity index (χ0n) is 9.57. The summed E-state index contributed by atoms with van der Waals surface area (Å²) < 4.78 is 1.81. The van der Waals surface area contributed by atoms with Gasteiger partial charge in [0.15, 0.2) is 0 Å². The van der Waals surface area contributed by atoms with Crippen molar-refractivity contribution in [3.63, 3.8) is 0 Å². The average molecular weight is 250 g/mol. The van der Waals surface area contributed by atoms with Gasteiger partial charge in [0.25, 0.3) is 0 Å². The van der Waals surface area contributed by atoms with Gasteiger partial charge in [-0.1, -0.05) is 23.7 Å². The normalized spacial score (nSPS) is 10.3. The van der Waals surface area contributed by atoms with E-state index in [0.717, 1.165) is 11.3 Å². The number of benzene rings is 1. The minimum atomic E-state index is -0.142. The van der Waals surface area contributed by atoms with E-state index in [4.69, 9.17) is 11.6 Å². The highest BCUT2D eigenvalue weighted by atomic mass is 35.5. The Morgan fingerprint density at radius 2 is 2.24 bits per heavy atom. The number of amides is 1. The minimum absolute atomic E-state index is 0.142. The maximum absolute atomic E-state index is 11.0. The molecule has 0 atom stereocenters. The summed E-state index contributed by atoms with van der Waals surface area (Å²) in [5, 5.41) is 3.33. The molecule has 2 aromatic rings. The van der Waals surface area contributed by atoms with Crippen LogP contribution in [0.3, 0.4) is 0 Å². The van der Waals surface area contributed by atoms with Crippen molar-refractivity contribution in [2.24, 2.45) is 7.05 Å². The van der Waals surface area contributed by atoms with Gasteiger partial charge in [0, 0.05) is 24.6 Å². The van der Waals surface area contributed by atoms with Gasteiger partial charge >= 0.3 is 0 Å². The molecule has 0 unspecified atom stereocenters. The Kier molecular flexibility index (Phi) is 3.15. The van der Waals surface area contributed by atoms with Crippen LogP contribution >= 0.6 is 11.6 Å². The summed E-state index contributed by atoms with van der Waals surface area (Å²) in [4.78, 5) is 15.1. The molecule has 17 heavy (non-hydrogen) atoms. The highest BCUT2D eigenvalue weighted by Gasteiger charge is 2.09. The summed E-state index contributed by atoms with van der Waals surface area (Å²) in [6.07, 6.45) is 1.71. The molecule has 1 aromatic carbocycles. The molecule has 1 amide bonds. The number of carbonyl (C=O) groups excluding carboxylic acids is 1. The standard InChI is InChI=1S/C12H12ClN3O/c1-8(17)15-12-14-7-11(16(12)2)9-4-3-5-10(13)6-9/h3-7H,1-2H3,(H,14,15,17). The second kappa shape index (κ2) is 4.59. The van der Waals surface area contributed by atoms with Gasteiger partial charge in [-0.25, -0.2) is 4.98 Å². The molecule has 0 aliphatic rings. The highest BCUT2D eigenvalue weighted by Crippen LogP contribution is 2.24. The molecule has 0 radical (unpaired) electrons. The Morgan fingerprint density at radius 1 is 1.47 bits per heavy atom. The van der Waals surface area contributed by atoms with E-state index in [1.807, 2.05) is 35.9 Å². The number of hydrogen-bond donors (Lipinski definition) is 1. The molecule has 1 N–H and O–H groups in total. The van der Waals surface area contributed by atoms with Gasteiger partial charge in [0.1, 0.15) is 0 Å². The van der Waals surface area contributed by atoms with Gasteiger partial charge in [-0.15, -0.1) is 0 Å². The second-order valence-corrected chi connectivity index (χ2v) is 4.15. The lowest BCUT2D eigenvalue weighted by molar-refractivity contribution is -0.114. The summed E-state index contributed by atoms with van der Waals surface area (Å²) in [5.74, 6) is 0.379. The Labute approximate surface area is 104 Å². The van der Waals surface area contributed by atoms with Crippen molar-refractivity contribution in [2.45, 2.75) is 6.92 Å². The first-order chi connectivity index (χ1) is 8.08. The molecule has 4 nitrogen and oxygen atoms in total. The lowest BCUT2D eigenvalue weighted by Crippen LogP contribution is -2.10. The highest BCUT2D eigenvalue weighted by molar-refractivity contribution is 6.30. The third-order valence-corrected chi connectivity index (χ3v) is 2.63. The van der Waals surface area contributed by atoms with Crippen molar-refractivity contribution >= 4 is 23.5 Å². The first-order valence-corrected chi connectivity index (χ1v) is 5.51. The predicted molar refractivity (Wildman–Crippen MR) is 68.0 cm³/mol. The number of halogens is 1. The van der Waals surface area contributed by atoms with E-state index in [9.17, 15) is 4.79 Å². The topological polar surface area (TPSA) is 46.9 Å². The zero-order chi connectivity index (χ0) is 12.4. The van der Waals surface area contributed by atoms with Crippen LogP contribution < -0.4 is 5.32 Å². The summed E-state index contributed by atoms with van der Waals surface area (Å²) in [7, 11) is 1.84. The van der Waals surface area contributed by atoms with Crippen molar-refractivity contribution in [2.75, 3.05) is 5.32 Å². The zero-order valence-corrected chi connectivity index (χ0v) is 10.3. The third kappa shape index (κ3) is 2.47. The largest absolute Gasteiger partial charge is 0.313 e. The van der Waals surface area contributed by atoms with E-state index in [0.29, 0.717) is 11.0 Å². The number of aromatic nitrogens is 2. The van der Waals surface area contributed by atoms with Crippen molar-refractivity contribution in [3.8, 4) is 11.3 Å². The molecule has 0 bridgehead atoms. The molecule has 0 fully saturated rings. The third-order valence-electron chi connectivity index (χ3n) is 2.40. The Bertz CT molecular complexity index is 563. The van der Waals surface area contributed by atoms with Crippen LogP contribution in [0.1, 0.15) is 6.92 Å². The van der Waals surface area contributed by atoms with Crippen molar-refractivity contribution in [3.05, 3.63) is 35.5 Å². The lowest BCUT2D eigenvalue weighted by Gasteiger charge is -2.06. The first kappa shape index (κ1) is 11.7. The molecule has 0 saturated heterocycles. The predicted octanol–water partition coefficient (Wildman–Crippen LogP) is 2.70. The fraction of sp³-hybridized carbons (Fsp3) is 0.167. The number of rotatable bonds is 2. The average Bonchev–Trinajstić information content (AvgIpc) is 2.60. The van der Waals surface area contributed by atoms with Gasteiger partial charge < -0.3 is 4.57 Å². The lowest BCUT2D eigenvalue weighted by atomic mass is 10.2. The molecule has 0 aliphatic carbocycles. The molecule has 88 valence electrons. The molecule has 0 saturated carbocycles. The van der Waals surface area contributed by atoms with E-state index in [2.05, 4.69) is 10.3 Å². The van der Waals surface area contributed by atoms with Gasteiger partial charge in [-0.05, 0) is 12.1 Å². The molecule has 0 aliphatic heterocycles. The van der Waals surface area contributed by atoms with Crippen molar-refractivity contribution < 1.29 is 4.79 Å². The van der Waals surface area contributed by atoms with Gasteiger partial charge in [0.2, 0.25) is 11.9 Å². The summed E-state index contributed by atoms with van der Waals surface area (Å²) in [5.41, 5.74) is 1.86. The van der Waals surface area contributed by atoms with E-state index in [-0.39, 0.29) is 5.91 Å². The monoisotopic (exact) mass is 249 g/mol. The van der Waals surface area contributed by atoms with Crippen LogP contribution in [0.15, 0.2) is 30.5 Å². The van der Waals surface area contributed by atoms with E-state index in [1.54, 1.807) is 6.20 Å². The number of nitrogens with zero attached hydrogens (tertiary/aromatic N) is 2. The second-order valence-electron chi connectivity index (χ2n) is 3.72. The molecule has 1 aromatic heterocycles. The SMILES string of the molecule is CC(=O)Nc1ncc(-c2cccc(Cl)c2)n1C. The number of hydrogen-bond acceptors (Lipinski definition) is 2.